The molecule has 10 heteroatoms. The maximum absolute atomic E-state index is 13.6. The van der Waals surface area contributed by atoms with E-state index in [2.05, 4.69) is 9.97 Å². The lowest BCUT2D eigenvalue weighted by molar-refractivity contribution is -0.131. The van der Waals surface area contributed by atoms with Gasteiger partial charge in [0.15, 0.2) is 11.3 Å². The van der Waals surface area contributed by atoms with Crippen LogP contribution in [0.3, 0.4) is 0 Å². The molecule has 0 bridgehead atoms. The number of carbonyl (C=O) groups is 2. The monoisotopic (exact) mass is 515 g/mol. The number of pyridine rings is 1. The largest absolute Gasteiger partial charge is 0.496 e. The predicted octanol–water partition coefficient (Wildman–Crippen LogP) is 2.51. The molecular formula is C28H26FN5O4. The topological polar surface area (TPSA) is 97.6 Å². The molecule has 2 amide bonds. The average Bonchev–Trinajstić information content (AvgIpc) is 2.95. The highest BCUT2D eigenvalue weighted by Crippen LogP contribution is 2.20. The van der Waals surface area contributed by atoms with Crippen LogP contribution in [0.25, 0.3) is 11.2 Å². The molecule has 2 aromatic heterocycles. The lowest BCUT2D eigenvalue weighted by Gasteiger charge is -2.34. The Morgan fingerprint density at radius 3 is 2.39 bits per heavy atom. The first-order valence-electron chi connectivity index (χ1n) is 12.2. The maximum Gasteiger partial charge on any atom is 0.284 e. The smallest absolute Gasteiger partial charge is 0.284 e. The van der Waals surface area contributed by atoms with Crippen molar-refractivity contribution in [2.24, 2.45) is 0 Å². The highest BCUT2D eigenvalue weighted by Gasteiger charge is 2.28. The molecule has 9 nitrogen and oxygen atoms in total. The second kappa shape index (κ2) is 10.8. The highest BCUT2D eigenvalue weighted by atomic mass is 19.1. The van der Waals surface area contributed by atoms with Crippen molar-refractivity contribution in [1.82, 2.24) is 24.3 Å². The average molecular weight is 516 g/mol. The van der Waals surface area contributed by atoms with Gasteiger partial charge >= 0.3 is 0 Å². The summed E-state index contributed by atoms with van der Waals surface area (Å²) in [4.78, 5) is 51.7. The van der Waals surface area contributed by atoms with E-state index in [1.165, 1.54) is 16.7 Å². The minimum Gasteiger partial charge on any atom is -0.496 e. The Morgan fingerprint density at radius 1 is 0.947 bits per heavy atom. The summed E-state index contributed by atoms with van der Waals surface area (Å²) in [5, 5.41) is 0. The number of benzene rings is 2. The van der Waals surface area contributed by atoms with E-state index in [-0.39, 0.29) is 43.5 Å². The van der Waals surface area contributed by atoms with Crippen molar-refractivity contribution in [1.29, 1.82) is 0 Å². The molecular weight excluding hydrogens is 489 g/mol. The van der Waals surface area contributed by atoms with Crippen molar-refractivity contribution in [2.45, 2.75) is 13.0 Å². The van der Waals surface area contributed by atoms with Crippen LogP contribution in [0.2, 0.25) is 0 Å². The van der Waals surface area contributed by atoms with Crippen molar-refractivity contribution >= 4 is 23.0 Å². The van der Waals surface area contributed by atoms with Crippen LogP contribution < -0.4 is 10.3 Å². The Kier molecular flexibility index (Phi) is 7.12. The molecule has 2 aromatic carbocycles. The first-order chi connectivity index (χ1) is 18.4. The van der Waals surface area contributed by atoms with Gasteiger partial charge in [-0.1, -0.05) is 30.3 Å². The molecule has 0 unspecified atom stereocenters. The number of halogens is 1. The van der Waals surface area contributed by atoms with Crippen molar-refractivity contribution < 1.29 is 18.7 Å². The van der Waals surface area contributed by atoms with Crippen molar-refractivity contribution in [2.75, 3.05) is 33.3 Å². The Bertz CT molecular complexity index is 1550. The molecule has 3 heterocycles. The van der Waals surface area contributed by atoms with E-state index in [0.29, 0.717) is 30.0 Å². The quantitative estimate of drug-likeness (QED) is 0.392. The summed E-state index contributed by atoms with van der Waals surface area (Å²) in [5.41, 5.74) is 1.56. The molecule has 1 saturated heterocycles. The number of aromatic nitrogens is 3. The molecule has 194 valence electrons. The molecule has 0 spiro atoms. The lowest BCUT2D eigenvalue weighted by atomic mass is 10.1. The second-order valence-electron chi connectivity index (χ2n) is 8.99. The van der Waals surface area contributed by atoms with E-state index >= 15 is 0 Å². The first-order valence-corrected chi connectivity index (χ1v) is 12.2. The number of methoxy groups -OCH3 is 1. The number of carbonyl (C=O) groups excluding carboxylic acids is 2. The Balaban J connectivity index is 1.36. The van der Waals surface area contributed by atoms with E-state index in [1.807, 2.05) is 18.2 Å². The molecule has 5 rings (SSSR count). The van der Waals surface area contributed by atoms with Gasteiger partial charge in [0.1, 0.15) is 17.1 Å². The summed E-state index contributed by atoms with van der Waals surface area (Å²) in [5.74, 6) is -0.319. The van der Waals surface area contributed by atoms with Gasteiger partial charge in [-0.25, -0.2) is 14.4 Å². The van der Waals surface area contributed by atoms with Crippen LogP contribution in [-0.4, -0.2) is 69.4 Å². The molecule has 1 aliphatic heterocycles. The number of ether oxygens (including phenoxy) is 1. The van der Waals surface area contributed by atoms with Gasteiger partial charge in [-0.2, -0.15) is 0 Å². The Hall–Kier alpha value is -4.60. The number of fused-ring (bicyclic) bond motifs is 1. The Labute approximate surface area is 218 Å². The molecule has 1 aliphatic rings. The van der Waals surface area contributed by atoms with Gasteiger partial charge in [0.25, 0.3) is 11.5 Å². The summed E-state index contributed by atoms with van der Waals surface area (Å²) in [6.45, 7) is 1.36. The lowest BCUT2D eigenvalue weighted by Crippen LogP contribution is -2.52. The summed E-state index contributed by atoms with van der Waals surface area (Å²) in [6.07, 6.45) is 1.73. The fraction of sp³-hybridized carbons (Fsp3) is 0.250. The van der Waals surface area contributed by atoms with Crippen LogP contribution in [-0.2, 0) is 17.8 Å². The third kappa shape index (κ3) is 5.10. The van der Waals surface area contributed by atoms with Gasteiger partial charge in [0.2, 0.25) is 5.91 Å². The molecule has 0 N–H and O–H groups in total. The molecule has 38 heavy (non-hydrogen) atoms. The highest BCUT2D eigenvalue weighted by molar-refractivity contribution is 5.93. The summed E-state index contributed by atoms with van der Waals surface area (Å²) < 4.78 is 20.0. The number of rotatable bonds is 6. The summed E-state index contributed by atoms with van der Waals surface area (Å²) >= 11 is 0. The van der Waals surface area contributed by atoms with E-state index in [0.717, 1.165) is 11.1 Å². The van der Waals surface area contributed by atoms with E-state index in [1.54, 1.807) is 53.4 Å². The first kappa shape index (κ1) is 25.1. The predicted molar refractivity (Wildman–Crippen MR) is 138 cm³/mol. The van der Waals surface area contributed by atoms with E-state index < -0.39 is 11.5 Å². The van der Waals surface area contributed by atoms with Crippen molar-refractivity contribution in [3.63, 3.8) is 0 Å². The summed E-state index contributed by atoms with van der Waals surface area (Å²) in [7, 11) is 1.56. The van der Waals surface area contributed by atoms with Gasteiger partial charge in [-0.05, 0) is 35.9 Å². The number of nitrogens with zero attached hydrogens (tertiary/aromatic N) is 5. The molecule has 4 aromatic rings. The third-order valence-electron chi connectivity index (χ3n) is 6.61. The van der Waals surface area contributed by atoms with Gasteiger partial charge < -0.3 is 14.5 Å². The minimum atomic E-state index is -0.540. The van der Waals surface area contributed by atoms with E-state index in [9.17, 15) is 18.8 Å². The summed E-state index contributed by atoms with van der Waals surface area (Å²) in [6, 6.07) is 16.6. The van der Waals surface area contributed by atoms with Crippen LogP contribution in [0.4, 0.5) is 4.39 Å². The zero-order valence-corrected chi connectivity index (χ0v) is 20.8. The van der Waals surface area contributed by atoms with Gasteiger partial charge in [0.05, 0.1) is 20.1 Å². The van der Waals surface area contributed by atoms with E-state index in [4.69, 9.17) is 4.74 Å². The fourth-order valence-electron chi connectivity index (χ4n) is 4.56. The van der Waals surface area contributed by atoms with Crippen molar-refractivity contribution in [3.05, 3.63) is 99.9 Å². The number of hydrogen-bond acceptors (Lipinski definition) is 6. The second-order valence-corrected chi connectivity index (χ2v) is 8.99. The number of hydrogen-bond donors (Lipinski definition) is 0. The Morgan fingerprint density at radius 2 is 1.66 bits per heavy atom. The maximum atomic E-state index is 13.6. The molecule has 0 saturated carbocycles. The van der Waals surface area contributed by atoms with Gasteiger partial charge in [-0.15, -0.1) is 0 Å². The normalized spacial score (nSPS) is 13.5. The van der Waals surface area contributed by atoms with Crippen LogP contribution in [0.1, 0.15) is 21.6 Å². The van der Waals surface area contributed by atoms with Crippen LogP contribution in [0, 0.1) is 5.82 Å². The van der Waals surface area contributed by atoms with Crippen LogP contribution in [0.5, 0.6) is 5.75 Å². The SMILES string of the molecule is COc1ccccc1Cn1c(=O)c(C(=O)N2CCN(C(=O)Cc3ccc(F)cc3)CC2)nc2cccnc21. The van der Waals surface area contributed by atoms with Gasteiger partial charge in [0, 0.05) is 37.9 Å². The van der Waals surface area contributed by atoms with Gasteiger partial charge in [-0.3, -0.25) is 19.0 Å². The zero-order chi connectivity index (χ0) is 26.6. The van der Waals surface area contributed by atoms with Crippen molar-refractivity contribution in [3.8, 4) is 5.75 Å². The fourth-order valence-corrected chi connectivity index (χ4v) is 4.56. The number of piperazine rings is 1. The zero-order valence-electron chi connectivity index (χ0n) is 20.8. The molecule has 0 atom stereocenters. The number of amides is 2. The van der Waals surface area contributed by atoms with Crippen LogP contribution >= 0.6 is 0 Å². The van der Waals surface area contributed by atoms with Crippen LogP contribution in [0.15, 0.2) is 71.7 Å². The molecule has 1 fully saturated rings. The standard InChI is InChI=1S/C28H26FN5O4/c1-38-23-7-3-2-5-20(23)18-34-26-22(6-4-12-30-26)31-25(28(34)37)27(36)33-15-13-32(14-16-33)24(35)17-19-8-10-21(29)11-9-19/h2-12H,13-18H2,1H3. The minimum absolute atomic E-state index is 0.0993. The molecule has 0 radical (unpaired) electrons. The number of para-hydroxylation sites is 1. The molecule has 0 aliphatic carbocycles. The third-order valence-corrected chi connectivity index (χ3v) is 6.61.